The van der Waals surface area contributed by atoms with Gasteiger partial charge in [0.2, 0.25) is 0 Å². The SMILES string of the molecule is COC1CCCC(F)C1=O. The highest BCUT2D eigenvalue weighted by molar-refractivity contribution is 5.87. The molecule has 0 aliphatic heterocycles. The lowest BCUT2D eigenvalue weighted by molar-refractivity contribution is -0.137. The second-order valence-corrected chi connectivity index (χ2v) is 2.53. The van der Waals surface area contributed by atoms with Gasteiger partial charge in [0.15, 0.2) is 12.0 Å². The summed E-state index contributed by atoms with van der Waals surface area (Å²) in [6.07, 6.45) is 0.0438. The fourth-order valence-corrected chi connectivity index (χ4v) is 1.20. The number of Topliss-reactive ketones (excluding diaryl/α,β-unsaturated/α-hetero) is 1. The first-order valence-corrected chi connectivity index (χ1v) is 3.46. The topological polar surface area (TPSA) is 26.3 Å². The van der Waals surface area contributed by atoms with Crippen molar-refractivity contribution in [3.63, 3.8) is 0 Å². The largest absolute Gasteiger partial charge is 0.374 e. The minimum atomic E-state index is -1.28. The first-order chi connectivity index (χ1) is 4.75. The quantitative estimate of drug-likeness (QED) is 0.553. The molecule has 0 heterocycles. The fourth-order valence-electron chi connectivity index (χ4n) is 1.20. The van der Waals surface area contributed by atoms with Crippen LogP contribution in [0.1, 0.15) is 19.3 Å². The van der Waals surface area contributed by atoms with E-state index in [1.54, 1.807) is 0 Å². The summed E-state index contributed by atoms with van der Waals surface area (Å²) in [6, 6.07) is 0. The molecule has 1 aliphatic rings. The Labute approximate surface area is 59.4 Å². The van der Waals surface area contributed by atoms with Gasteiger partial charge in [-0.05, 0) is 19.3 Å². The Morgan fingerprint density at radius 3 is 2.80 bits per heavy atom. The van der Waals surface area contributed by atoms with E-state index in [0.29, 0.717) is 12.8 Å². The Bertz CT molecular complexity index is 136. The molecule has 0 radical (unpaired) electrons. The van der Waals surface area contributed by atoms with Crippen molar-refractivity contribution in [3.8, 4) is 0 Å². The van der Waals surface area contributed by atoms with Crippen LogP contribution in [0.15, 0.2) is 0 Å². The maximum absolute atomic E-state index is 12.6. The van der Waals surface area contributed by atoms with Crippen molar-refractivity contribution < 1.29 is 13.9 Å². The normalized spacial score (nSPS) is 34.4. The third kappa shape index (κ3) is 1.34. The van der Waals surface area contributed by atoms with Crippen LogP contribution in [0, 0.1) is 0 Å². The summed E-state index contributed by atoms with van der Waals surface area (Å²) in [6.45, 7) is 0. The number of alkyl halides is 1. The summed E-state index contributed by atoms with van der Waals surface area (Å²) in [4.78, 5) is 10.9. The van der Waals surface area contributed by atoms with E-state index in [9.17, 15) is 9.18 Å². The van der Waals surface area contributed by atoms with Crippen molar-refractivity contribution in [2.24, 2.45) is 0 Å². The minimum absolute atomic E-state index is 0.374. The monoisotopic (exact) mass is 146 g/mol. The predicted octanol–water partition coefficient (Wildman–Crippen LogP) is 1.09. The molecule has 58 valence electrons. The van der Waals surface area contributed by atoms with Gasteiger partial charge in [0.25, 0.3) is 0 Å². The number of halogens is 1. The van der Waals surface area contributed by atoms with Crippen LogP contribution in [0.2, 0.25) is 0 Å². The van der Waals surface area contributed by atoms with Crippen LogP contribution in [-0.2, 0) is 9.53 Å². The summed E-state index contributed by atoms with van der Waals surface area (Å²) in [7, 11) is 1.45. The van der Waals surface area contributed by atoms with E-state index in [2.05, 4.69) is 0 Å². The molecular formula is C7H11FO2. The van der Waals surface area contributed by atoms with Crippen molar-refractivity contribution in [1.29, 1.82) is 0 Å². The Morgan fingerprint density at radius 2 is 2.30 bits per heavy atom. The van der Waals surface area contributed by atoms with Crippen molar-refractivity contribution in [1.82, 2.24) is 0 Å². The Kier molecular flexibility index (Phi) is 2.38. The maximum Gasteiger partial charge on any atom is 0.195 e. The number of methoxy groups -OCH3 is 1. The van der Waals surface area contributed by atoms with E-state index in [1.165, 1.54) is 7.11 Å². The minimum Gasteiger partial charge on any atom is -0.374 e. The highest BCUT2D eigenvalue weighted by atomic mass is 19.1. The van der Waals surface area contributed by atoms with Gasteiger partial charge >= 0.3 is 0 Å². The molecule has 0 amide bonds. The molecule has 1 aliphatic carbocycles. The zero-order chi connectivity index (χ0) is 7.56. The van der Waals surface area contributed by atoms with Crippen LogP contribution >= 0.6 is 0 Å². The summed E-state index contributed by atoms with van der Waals surface area (Å²) in [5.41, 5.74) is 0. The molecule has 0 saturated heterocycles. The number of carbonyl (C=O) groups is 1. The number of ether oxygens (including phenoxy) is 1. The summed E-state index contributed by atoms with van der Waals surface area (Å²) >= 11 is 0. The van der Waals surface area contributed by atoms with Crippen LogP contribution in [0.5, 0.6) is 0 Å². The molecular weight excluding hydrogens is 135 g/mol. The van der Waals surface area contributed by atoms with Crippen LogP contribution < -0.4 is 0 Å². The molecule has 0 aromatic rings. The third-order valence-corrected chi connectivity index (χ3v) is 1.83. The van der Waals surface area contributed by atoms with Crippen LogP contribution in [0.3, 0.4) is 0 Å². The van der Waals surface area contributed by atoms with Gasteiger partial charge < -0.3 is 4.74 Å². The van der Waals surface area contributed by atoms with Gasteiger partial charge in [0.05, 0.1) is 0 Å². The number of rotatable bonds is 1. The Hall–Kier alpha value is -0.440. The lowest BCUT2D eigenvalue weighted by atomic mass is 9.95. The molecule has 0 aromatic carbocycles. The number of carbonyl (C=O) groups excluding carboxylic acids is 1. The average Bonchev–Trinajstić information content (AvgIpc) is 1.95. The molecule has 2 unspecified atom stereocenters. The first kappa shape index (κ1) is 7.66. The van der Waals surface area contributed by atoms with E-state index >= 15 is 0 Å². The van der Waals surface area contributed by atoms with Crippen molar-refractivity contribution in [2.45, 2.75) is 31.5 Å². The lowest BCUT2D eigenvalue weighted by Gasteiger charge is -2.21. The zero-order valence-corrected chi connectivity index (χ0v) is 5.97. The smallest absolute Gasteiger partial charge is 0.195 e. The molecule has 10 heavy (non-hydrogen) atoms. The summed E-state index contributed by atoms with van der Waals surface area (Å²) in [5.74, 6) is -0.381. The Balaban J connectivity index is 2.51. The molecule has 3 heteroatoms. The molecule has 0 spiro atoms. The summed E-state index contributed by atoms with van der Waals surface area (Å²) < 4.78 is 17.4. The molecule has 2 atom stereocenters. The highest BCUT2D eigenvalue weighted by Crippen LogP contribution is 2.19. The first-order valence-electron chi connectivity index (χ1n) is 3.46. The zero-order valence-electron chi connectivity index (χ0n) is 5.97. The van der Waals surface area contributed by atoms with Crippen LogP contribution in [-0.4, -0.2) is 25.2 Å². The molecule has 1 saturated carbocycles. The molecule has 2 nitrogen and oxygen atoms in total. The van der Waals surface area contributed by atoms with E-state index in [4.69, 9.17) is 4.74 Å². The van der Waals surface area contributed by atoms with Crippen molar-refractivity contribution in [2.75, 3.05) is 7.11 Å². The van der Waals surface area contributed by atoms with E-state index in [1.807, 2.05) is 0 Å². The number of ketones is 1. The third-order valence-electron chi connectivity index (χ3n) is 1.83. The molecule has 1 rings (SSSR count). The Morgan fingerprint density at radius 1 is 1.60 bits per heavy atom. The number of hydrogen-bond donors (Lipinski definition) is 0. The van der Waals surface area contributed by atoms with Gasteiger partial charge in [0.1, 0.15) is 6.10 Å². The highest BCUT2D eigenvalue weighted by Gasteiger charge is 2.30. The average molecular weight is 146 g/mol. The standard InChI is InChI=1S/C7H11FO2/c1-10-6-4-2-3-5(8)7(6)9/h5-6H,2-4H2,1H3. The number of hydrogen-bond acceptors (Lipinski definition) is 2. The maximum atomic E-state index is 12.6. The van der Waals surface area contributed by atoms with Gasteiger partial charge in [-0.2, -0.15) is 0 Å². The van der Waals surface area contributed by atoms with Crippen molar-refractivity contribution >= 4 is 5.78 Å². The second-order valence-electron chi connectivity index (χ2n) is 2.53. The molecule has 0 aromatic heterocycles. The van der Waals surface area contributed by atoms with E-state index in [-0.39, 0.29) is 5.78 Å². The van der Waals surface area contributed by atoms with Crippen molar-refractivity contribution in [3.05, 3.63) is 0 Å². The van der Waals surface area contributed by atoms with Gasteiger partial charge in [-0.3, -0.25) is 4.79 Å². The fraction of sp³-hybridized carbons (Fsp3) is 0.857. The molecule has 0 N–H and O–H groups in total. The van der Waals surface area contributed by atoms with Gasteiger partial charge in [-0.1, -0.05) is 0 Å². The molecule has 0 bridgehead atoms. The summed E-state index contributed by atoms with van der Waals surface area (Å²) in [5, 5.41) is 0. The van der Waals surface area contributed by atoms with Gasteiger partial charge in [-0.25, -0.2) is 4.39 Å². The van der Waals surface area contributed by atoms with Crippen LogP contribution in [0.4, 0.5) is 4.39 Å². The van der Waals surface area contributed by atoms with E-state index in [0.717, 1.165) is 6.42 Å². The van der Waals surface area contributed by atoms with Gasteiger partial charge in [0, 0.05) is 7.11 Å². The molecule has 1 fully saturated rings. The predicted molar refractivity (Wildman–Crippen MR) is 34.6 cm³/mol. The van der Waals surface area contributed by atoms with Gasteiger partial charge in [-0.15, -0.1) is 0 Å². The van der Waals surface area contributed by atoms with E-state index < -0.39 is 12.3 Å². The second kappa shape index (κ2) is 3.10. The lowest BCUT2D eigenvalue weighted by Crippen LogP contribution is -2.35. The van der Waals surface area contributed by atoms with Crippen LogP contribution in [0.25, 0.3) is 0 Å².